The highest BCUT2D eigenvalue weighted by Crippen LogP contribution is 2.44. The molecule has 0 amide bonds. The van der Waals surface area contributed by atoms with Crippen LogP contribution >= 0.6 is 11.6 Å². The summed E-state index contributed by atoms with van der Waals surface area (Å²) < 4.78 is 44.7. The standard InChI is InChI=1S/C22H15ClF3N3O2/c23-15-5-3-13(4-6-15)12-31-18-8-7-16(17-10-19(29-28-17)22(24,25)26)21(30)20(18)14-2-1-9-27-11-14/h1-11,30H,12H2,(H,28,29). The zero-order valence-corrected chi connectivity index (χ0v) is 16.6. The molecule has 31 heavy (non-hydrogen) atoms. The number of ether oxygens (including phenoxy) is 1. The molecule has 0 saturated heterocycles. The van der Waals surface area contributed by atoms with E-state index in [1.807, 2.05) is 17.2 Å². The Hall–Kier alpha value is -3.52. The summed E-state index contributed by atoms with van der Waals surface area (Å²) in [5, 5.41) is 17.2. The van der Waals surface area contributed by atoms with Gasteiger partial charge in [-0.05, 0) is 42.0 Å². The van der Waals surface area contributed by atoms with Crippen molar-refractivity contribution in [3.05, 3.63) is 83.3 Å². The number of benzene rings is 2. The van der Waals surface area contributed by atoms with Gasteiger partial charge in [0.1, 0.15) is 23.8 Å². The average molecular weight is 446 g/mol. The molecule has 0 saturated carbocycles. The van der Waals surface area contributed by atoms with E-state index in [0.29, 0.717) is 21.9 Å². The third-order valence-electron chi connectivity index (χ3n) is 4.56. The summed E-state index contributed by atoms with van der Waals surface area (Å²) in [6.45, 7) is 0.198. The highest BCUT2D eigenvalue weighted by Gasteiger charge is 2.33. The molecule has 9 heteroatoms. The number of aromatic nitrogens is 3. The Balaban J connectivity index is 1.74. The van der Waals surface area contributed by atoms with Gasteiger partial charge in [0, 0.05) is 28.5 Å². The van der Waals surface area contributed by atoms with Gasteiger partial charge in [0.2, 0.25) is 0 Å². The summed E-state index contributed by atoms with van der Waals surface area (Å²) >= 11 is 5.90. The normalized spacial score (nSPS) is 11.5. The maximum Gasteiger partial charge on any atom is 0.432 e. The summed E-state index contributed by atoms with van der Waals surface area (Å²) in [6.07, 6.45) is -1.48. The van der Waals surface area contributed by atoms with Crippen LogP contribution in [0.25, 0.3) is 22.4 Å². The number of phenolic OH excluding ortho intramolecular Hbond substituents is 1. The number of aromatic amines is 1. The van der Waals surface area contributed by atoms with Gasteiger partial charge in [-0.15, -0.1) is 0 Å². The lowest BCUT2D eigenvalue weighted by atomic mass is 9.99. The first-order chi connectivity index (χ1) is 14.8. The van der Waals surface area contributed by atoms with E-state index in [9.17, 15) is 18.3 Å². The van der Waals surface area contributed by atoms with Crippen LogP contribution in [0, 0.1) is 0 Å². The monoisotopic (exact) mass is 445 g/mol. The summed E-state index contributed by atoms with van der Waals surface area (Å²) in [5.74, 6) is 0.0811. The predicted octanol–water partition coefficient (Wildman–Crippen LogP) is 6.10. The maximum absolute atomic E-state index is 12.9. The number of rotatable bonds is 5. The smallest absolute Gasteiger partial charge is 0.432 e. The van der Waals surface area contributed by atoms with Crippen molar-refractivity contribution in [2.45, 2.75) is 12.8 Å². The highest BCUT2D eigenvalue weighted by molar-refractivity contribution is 6.30. The van der Waals surface area contributed by atoms with Crippen molar-refractivity contribution < 1.29 is 23.0 Å². The van der Waals surface area contributed by atoms with Crippen LogP contribution in [0.15, 0.2) is 67.0 Å². The van der Waals surface area contributed by atoms with Gasteiger partial charge in [-0.25, -0.2) is 0 Å². The van der Waals surface area contributed by atoms with E-state index in [0.717, 1.165) is 11.6 Å². The van der Waals surface area contributed by atoms with Gasteiger partial charge in [-0.1, -0.05) is 29.8 Å². The van der Waals surface area contributed by atoms with Crippen molar-refractivity contribution in [2.75, 3.05) is 0 Å². The molecule has 0 fully saturated rings. The third kappa shape index (κ3) is 4.49. The van der Waals surface area contributed by atoms with Crippen molar-refractivity contribution in [2.24, 2.45) is 0 Å². The molecule has 0 aliphatic rings. The summed E-state index contributed by atoms with van der Waals surface area (Å²) in [5.41, 5.74) is 0.777. The number of pyridine rings is 1. The fourth-order valence-corrected chi connectivity index (χ4v) is 3.16. The van der Waals surface area contributed by atoms with Gasteiger partial charge in [0.25, 0.3) is 0 Å². The van der Waals surface area contributed by atoms with Crippen LogP contribution in [0.4, 0.5) is 13.2 Å². The summed E-state index contributed by atoms with van der Waals surface area (Å²) in [7, 11) is 0. The summed E-state index contributed by atoms with van der Waals surface area (Å²) in [4.78, 5) is 4.06. The number of phenols is 1. The third-order valence-corrected chi connectivity index (χ3v) is 4.81. The minimum absolute atomic E-state index is 0.0424. The quantitative estimate of drug-likeness (QED) is 0.389. The number of hydrogen-bond acceptors (Lipinski definition) is 4. The van der Waals surface area contributed by atoms with Crippen molar-refractivity contribution in [3.63, 3.8) is 0 Å². The molecule has 0 radical (unpaired) electrons. The minimum atomic E-state index is -4.57. The number of hydrogen-bond donors (Lipinski definition) is 2. The molecule has 0 bridgehead atoms. The summed E-state index contributed by atoms with van der Waals surface area (Å²) in [6, 6.07) is 14.4. The fourth-order valence-electron chi connectivity index (χ4n) is 3.04. The number of halogens is 4. The Bertz CT molecular complexity index is 1190. The molecule has 0 aliphatic heterocycles. The first-order valence-corrected chi connectivity index (χ1v) is 9.47. The van der Waals surface area contributed by atoms with Crippen molar-refractivity contribution in [1.29, 1.82) is 0 Å². The molecular formula is C22H15ClF3N3O2. The van der Waals surface area contributed by atoms with Crippen molar-refractivity contribution >= 4 is 11.6 Å². The lowest BCUT2D eigenvalue weighted by Crippen LogP contribution is -2.04. The number of aromatic hydroxyl groups is 1. The molecule has 0 aliphatic carbocycles. The second-order valence-electron chi connectivity index (χ2n) is 6.66. The van der Waals surface area contributed by atoms with Crippen molar-refractivity contribution in [3.8, 4) is 33.9 Å². The second kappa shape index (κ2) is 8.31. The molecule has 2 aromatic heterocycles. The van der Waals surface area contributed by atoms with Gasteiger partial charge in [-0.2, -0.15) is 18.3 Å². The number of H-pyrrole nitrogens is 1. The Labute approximate surface area is 180 Å². The molecule has 4 aromatic rings. The van der Waals surface area contributed by atoms with E-state index in [4.69, 9.17) is 16.3 Å². The predicted molar refractivity (Wildman–Crippen MR) is 110 cm³/mol. The molecule has 5 nitrogen and oxygen atoms in total. The van der Waals surface area contributed by atoms with E-state index >= 15 is 0 Å². The maximum atomic E-state index is 12.9. The largest absolute Gasteiger partial charge is 0.506 e. The second-order valence-corrected chi connectivity index (χ2v) is 7.09. The molecule has 158 valence electrons. The Kier molecular flexibility index (Phi) is 5.56. The van der Waals surface area contributed by atoms with Gasteiger partial charge in [-0.3, -0.25) is 10.1 Å². The Morgan fingerprint density at radius 1 is 1.06 bits per heavy atom. The van der Waals surface area contributed by atoms with E-state index in [1.165, 1.54) is 12.3 Å². The molecule has 0 spiro atoms. The van der Waals surface area contributed by atoms with Crippen LogP contribution in [-0.4, -0.2) is 20.3 Å². The van der Waals surface area contributed by atoms with Gasteiger partial charge < -0.3 is 9.84 Å². The van der Waals surface area contributed by atoms with Crippen LogP contribution in [0.1, 0.15) is 11.3 Å². The SMILES string of the molecule is Oc1c(-c2cc(C(F)(F)F)[nH]n2)ccc(OCc2ccc(Cl)cc2)c1-c1cccnc1. The van der Waals surface area contributed by atoms with E-state index < -0.39 is 11.9 Å². The topological polar surface area (TPSA) is 71.0 Å². The molecule has 2 heterocycles. The fraction of sp³-hybridized carbons (Fsp3) is 0.0909. The average Bonchev–Trinajstić information content (AvgIpc) is 3.24. The van der Waals surface area contributed by atoms with Crippen LogP contribution in [0.5, 0.6) is 11.5 Å². The molecule has 4 rings (SSSR count). The molecular weight excluding hydrogens is 431 g/mol. The molecule has 2 N–H and O–H groups in total. The number of nitrogens with one attached hydrogen (secondary N) is 1. The first-order valence-electron chi connectivity index (χ1n) is 9.09. The zero-order chi connectivity index (χ0) is 22.0. The van der Waals surface area contributed by atoms with E-state index in [1.54, 1.807) is 36.5 Å². The van der Waals surface area contributed by atoms with Gasteiger partial charge >= 0.3 is 6.18 Å². The van der Waals surface area contributed by atoms with E-state index in [-0.39, 0.29) is 23.6 Å². The number of nitrogens with zero attached hydrogens (tertiary/aromatic N) is 2. The lowest BCUT2D eigenvalue weighted by molar-refractivity contribution is -0.141. The van der Waals surface area contributed by atoms with Gasteiger partial charge in [0.15, 0.2) is 0 Å². The van der Waals surface area contributed by atoms with E-state index in [2.05, 4.69) is 10.1 Å². The Morgan fingerprint density at radius 3 is 2.48 bits per heavy atom. The first kappa shape index (κ1) is 20.7. The van der Waals surface area contributed by atoms with Crippen LogP contribution in [0.3, 0.4) is 0 Å². The lowest BCUT2D eigenvalue weighted by Gasteiger charge is -2.15. The van der Waals surface area contributed by atoms with Crippen LogP contribution in [0.2, 0.25) is 5.02 Å². The molecule has 0 atom stereocenters. The van der Waals surface area contributed by atoms with Crippen LogP contribution < -0.4 is 4.74 Å². The number of alkyl halides is 3. The Morgan fingerprint density at radius 2 is 1.84 bits per heavy atom. The van der Waals surface area contributed by atoms with Crippen LogP contribution in [-0.2, 0) is 12.8 Å². The van der Waals surface area contributed by atoms with Crippen molar-refractivity contribution in [1.82, 2.24) is 15.2 Å². The minimum Gasteiger partial charge on any atom is -0.506 e. The molecule has 2 aromatic carbocycles. The van der Waals surface area contributed by atoms with Gasteiger partial charge in [0.05, 0.1) is 11.3 Å². The molecule has 0 unspecified atom stereocenters. The zero-order valence-electron chi connectivity index (χ0n) is 15.8. The highest BCUT2D eigenvalue weighted by atomic mass is 35.5.